The zero-order valence-corrected chi connectivity index (χ0v) is 15.4. The first-order valence-corrected chi connectivity index (χ1v) is 7.71. The zero-order chi connectivity index (χ0) is 21.4. The van der Waals surface area contributed by atoms with E-state index in [1.165, 1.54) is 19.1 Å². The Morgan fingerprint density at radius 2 is 1.29 bits per heavy atom. The summed E-state index contributed by atoms with van der Waals surface area (Å²) in [6, 6.07) is 1.26. The van der Waals surface area contributed by atoms with E-state index >= 15 is 0 Å². The summed E-state index contributed by atoms with van der Waals surface area (Å²) < 4.78 is 0. The number of hydrogen-bond donors (Lipinski definition) is 0. The molecule has 0 heterocycles. The van der Waals surface area contributed by atoms with E-state index in [1.807, 2.05) is 0 Å². The molecule has 0 amide bonds. The number of nitrogens with zero attached hydrogens (tertiary/aromatic N) is 8. The normalized spacial score (nSPS) is 11.7. The minimum absolute atomic E-state index is 0.0319. The maximum Gasteiger partial charge on any atom is 0.321 e. The molecule has 0 saturated heterocycles. The minimum atomic E-state index is -0.973. The lowest BCUT2D eigenvalue weighted by molar-refractivity contribution is -0.706. The van der Waals surface area contributed by atoms with Gasteiger partial charge >= 0.3 is 11.4 Å². The van der Waals surface area contributed by atoms with E-state index in [4.69, 9.17) is 9.68 Å². The largest absolute Gasteiger partial charge is 0.569 e. The van der Waals surface area contributed by atoms with E-state index in [0.717, 1.165) is 11.1 Å². The SMILES string of the molecule is CCN(CC)/[N+]([O-])=N/Oc1cc(O/N=[N+](\[O-])N(C)C)c([N+](=O)[O-])cc1[N+](=O)[O-]. The highest BCUT2D eigenvalue weighted by atomic mass is 16.7. The molecule has 154 valence electrons. The standard InChI is InChI=1S/C12H18N8O8/c1-5-16(6-2)20(26)14-28-12-8-11(27-13-19(25)15(3)4)9(17(21)22)7-10(12)18(23)24/h7-8H,5-6H2,1-4H3/b19-13-,20-14-. The molecule has 0 unspecified atom stereocenters. The van der Waals surface area contributed by atoms with E-state index in [2.05, 4.69) is 10.6 Å². The van der Waals surface area contributed by atoms with Crippen LogP contribution in [0.3, 0.4) is 0 Å². The van der Waals surface area contributed by atoms with Gasteiger partial charge < -0.3 is 10.4 Å². The van der Waals surface area contributed by atoms with Gasteiger partial charge in [-0.1, -0.05) is 0 Å². The Hall–Kier alpha value is -3.98. The van der Waals surface area contributed by atoms with E-state index in [-0.39, 0.29) is 23.0 Å². The number of nitro groups is 2. The molecular weight excluding hydrogens is 384 g/mol. The van der Waals surface area contributed by atoms with Gasteiger partial charge in [0.15, 0.2) is 0 Å². The van der Waals surface area contributed by atoms with Crippen molar-refractivity contribution in [2.24, 2.45) is 10.6 Å². The quantitative estimate of drug-likeness (QED) is 0.241. The average Bonchev–Trinajstić information content (AvgIpc) is 2.64. The second kappa shape index (κ2) is 9.64. The summed E-state index contributed by atoms with van der Waals surface area (Å²) in [5.74, 6) is -1.26. The molecule has 0 aliphatic heterocycles. The lowest BCUT2D eigenvalue weighted by atomic mass is 10.2. The van der Waals surface area contributed by atoms with Gasteiger partial charge in [0.25, 0.3) is 0 Å². The number of benzene rings is 1. The van der Waals surface area contributed by atoms with Crippen LogP contribution in [0.2, 0.25) is 0 Å². The van der Waals surface area contributed by atoms with Crippen molar-refractivity contribution in [3.05, 3.63) is 42.8 Å². The molecule has 1 aromatic rings. The summed E-state index contributed by atoms with van der Waals surface area (Å²) in [7, 11) is 2.65. The molecule has 0 atom stereocenters. The number of rotatable bonds is 10. The minimum Gasteiger partial charge on any atom is -0.569 e. The van der Waals surface area contributed by atoms with E-state index in [9.17, 15) is 30.6 Å². The van der Waals surface area contributed by atoms with Gasteiger partial charge in [0.05, 0.1) is 47.0 Å². The summed E-state index contributed by atoms with van der Waals surface area (Å²) in [6.45, 7) is 3.91. The Balaban J connectivity index is 3.39. The summed E-state index contributed by atoms with van der Waals surface area (Å²) >= 11 is 0. The molecule has 0 saturated carbocycles. The smallest absolute Gasteiger partial charge is 0.321 e. The third-order valence-corrected chi connectivity index (χ3v) is 3.17. The first-order valence-electron chi connectivity index (χ1n) is 7.71. The Morgan fingerprint density at radius 3 is 1.64 bits per heavy atom. The van der Waals surface area contributed by atoms with Gasteiger partial charge in [0.2, 0.25) is 22.1 Å². The van der Waals surface area contributed by atoms with Crippen LogP contribution in [0.25, 0.3) is 0 Å². The Morgan fingerprint density at radius 1 is 0.857 bits per heavy atom. The van der Waals surface area contributed by atoms with Crippen molar-refractivity contribution < 1.29 is 29.5 Å². The first kappa shape index (κ1) is 22.1. The van der Waals surface area contributed by atoms with Gasteiger partial charge in [-0.25, -0.2) is 0 Å². The highest BCUT2D eigenvalue weighted by molar-refractivity contribution is 5.61. The van der Waals surface area contributed by atoms with Crippen molar-refractivity contribution in [2.45, 2.75) is 13.8 Å². The second-order valence-electron chi connectivity index (χ2n) is 5.14. The molecule has 0 aromatic heterocycles. The summed E-state index contributed by atoms with van der Waals surface area (Å²) in [5, 5.41) is 53.9. The fourth-order valence-electron chi connectivity index (χ4n) is 1.72. The highest BCUT2D eigenvalue weighted by Gasteiger charge is 2.29. The molecule has 1 aromatic carbocycles. The molecule has 0 N–H and O–H groups in total. The molecule has 0 bridgehead atoms. The van der Waals surface area contributed by atoms with E-state index in [0.29, 0.717) is 6.07 Å². The molecule has 1 rings (SSSR count). The molecular formula is C12H18N8O8. The van der Waals surface area contributed by atoms with E-state index in [1.54, 1.807) is 13.8 Å². The Labute approximate surface area is 157 Å². The molecule has 0 aliphatic carbocycles. The van der Waals surface area contributed by atoms with Crippen LogP contribution in [0.1, 0.15) is 13.8 Å². The van der Waals surface area contributed by atoms with Crippen LogP contribution in [0, 0.1) is 30.6 Å². The highest BCUT2D eigenvalue weighted by Crippen LogP contribution is 2.39. The predicted molar refractivity (Wildman–Crippen MR) is 89.7 cm³/mol. The van der Waals surface area contributed by atoms with Gasteiger partial charge in [0, 0.05) is 6.07 Å². The van der Waals surface area contributed by atoms with Crippen LogP contribution < -0.4 is 9.68 Å². The molecule has 0 radical (unpaired) electrons. The lowest BCUT2D eigenvalue weighted by Crippen LogP contribution is -2.30. The maximum atomic E-state index is 11.8. The Kier molecular flexibility index (Phi) is 7.60. The van der Waals surface area contributed by atoms with Crippen molar-refractivity contribution in [3.8, 4) is 11.5 Å². The average molecular weight is 402 g/mol. The molecule has 0 fully saturated rings. The summed E-state index contributed by atoms with van der Waals surface area (Å²) in [6.07, 6.45) is 0. The molecule has 16 heteroatoms. The Bertz CT molecular complexity index is 792. The summed E-state index contributed by atoms with van der Waals surface area (Å²) in [4.78, 5) is 29.9. The van der Waals surface area contributed by atoms with Crippen molar-refractivity contribution in [1.82, 2.24) is 10.0 Å². The lowest BCUT2D eigenvalue weighted by Gasteiger charge is -2.13. The topological polar surface area (TPSA) is 188 Å². The van der Waals surface area contributed by atoms with Gasteiger partial charge in [0.1, 0.15) is 6.07 Å². The van der Waals surface area contributed by atoms with Crippen molar-refractivity contribution in [2.75, 3.05) is 27.2 Å². The number of hydrogen-bond acceptors (Lipinski definition) is 10. The fraction of sp³-hybridized carbons (Fsp3) is 0.500. The number of hydrazine groups is 2. The van der Waals surface area contributed by atoms with Crippen molar-refractivity contribution in [3.63, 3.8) is 0 Å². The van der Waals surface area contributed by atoms with Crippen LogP contribution in [0.15, 0.2) is 22.7 Å². The van der Waals surface area contributed by atoms with Crippen molar-refractivity contribution in [1.29, 1.82) is 0 Å². The van der Waals surface area contributed by atoms with Gasteiger partial charge in [-0.15, -0.1) is 5.01 Å². The van der Waals surface area contributed by atoms with Gasteiger partial charge in [-0.3, -0.25) is 29.9 Å². The predicted octanol–water partition coefficient (Wildman–Crippen LogP) is 1.75. The van der Waals surface area contributed by atoms with E-state index < -0.39 is 32.7 Å². The van der Waals surface area contributed by atoms with Crippen molar-refractivity contribution >= 4 is 11.4 Å². The first-order chi connectivity index (χ1) is 13.1. The van der Waals surface area contributed by atoms with Crippen LogP contribution in [-0.4, -0.2) is 57.0 Å². The van der Waals surface area contributed by atoms with Gasteiger partial charge in [-0.05, 0) is 13.8 Å². The zero-order valence-electron chi connectivity index (χ0n) is 15.4. The third kappa shape index (κ3) is 5.51. The fourth-order valence-corrected chi connectivity index (χ4v) is 1.72. The summed E-state index contributed by atoms with van der Waals surface area (Å²) in [5.41, 5.74) is -1.69. The van der Waals surface area contributed by atoms with Crippen LogP contribution in [-0.2, 0) is 0 Å². The monoisotopic (exact) mass is 402 g/mol. The second-order valence-corrected chi connectivity index (χ2v) is 5.14. The molecule has 0 spiro atoms. The number of nitro benzene ring substituents is 2. The molecule has 16 nitrogen and oxygen atoms in total. The molecule has 0 aliphatic rings. The van der Waals surface area contributed by atoms with Crippen LogP contribution >= 0.6 is 0 Å². The third-order valence-electron chi connectivity index (χ3n) is 3.17. The van der Waals surface area contributed by atoms with Crippen LogP contribution in [0.5, 0.6) is 11.5 Å². The maximum absolute atomic E-state index is 11.8. The van der Waals surface area contributed by atoms with Crippen LogP contribution in [0.4, 0.5) is 11.4 Å². The molecule has 28 heavy (non-hydrogen) atoms. The van der Waals surface area contributed by atoms with Gasteiger partial charge in [-0.2, -0.15) is 5.01 Å².